The van der Waals surface area contributed by atoms with Crippen LogP contribution in [0.2, 0.25) is 0 Å². The molecule has 0 saturated carbocycles. The third-order valence-electron chi connectivity index (χ3n) is 2.50. The van der Waals surface area contributed by atoms with Crippen LogP contribution in [0.4, 0.5) is 0 Å². The van der Waals surface area contributed by atoms with Crippen LogP contribution in [0.15, 0.2) is 29.4 Å². The third-order valence-corrected chi connectivity index (χ3v) is 3.43. The number of hydrogen-bond acceptors (Lipinski definition) is 4. The van der Waals surface area contributed by atoms with Gasteiger partial charge in [0.15, 0.2) is 5.16 Å². The summed E-state index contributed by atoms with van der Waals surface area (Å²) < 4.78 is 2.02. The molecule has 0 bridgehead atoms. The molecule has 1 aromatic carbocycles. The molecule has 0 amide bonds. The van der Waals surface area contributed by atoms with Gasteiger partial charge in [0.25, 0.3) is 0 Å². The van der Waals surface area contributed by atoms with Crippen LogP contribution in [0.5, 0.6) is 0 Å². The number of nitrogens with zero attached hydrogens (tertiary/aromatic N) is 4. The summed E-state index contributed by atoms with van der Waals surface area (Å²) >= 11 is 1.56. The summed E-state index contributed by atoms with van der Waals surface area (Å²) in [6, 6.07) is 10.4. The van der Waals surface area contributed by atoms with Crippen molar-refractivity contribution in [1.29, 1.82) is 5.26 Å². The second kappa shape index (κ2) is 5.69. The van der Waals surface area contributed by atoms with Gasteiger partial charge in [-0.25, -0.2) is 0 Å². The molecule has 0 spiro atoms. The molecule has 1 aromatic heterocycles. The maximum Gasteiger partial charge on any atom is 0.195 e. The monoisotopic (exact) mass is 258 g/mol. The Bertz CT molecular complexity index is 583. The van der Waals surface area contributed by atoms with Crippen LogP contribution in [0.1, 0.15) is 17.8 Å². The highest BCUT2D eigenvalue weighted by Gasteiger charge is 2.10. The first-order chi connectivity index (χ1) is 8.72. The van der Waals surface area contributed by atoms with Crippen LogP contribution in [0.3, 0.4) is 0 Å². The Kier molecular flexibility index (Phi) is 4.00. The van der Waals surface area contributed by atoms with Crippen molar-refractivity contribution >= 4 is 11.8 Å². The van der Waals surface area contributed by atoms with Crippen molar-refractivity contribution in [3.05, 3.63) is 35.7 Å². The Morgan fingerprint density at radius 2 is 2.17 bits per heavy atom. The van der Waals surface area contributed by atoms with Crippen molar-refractivity contribution in [2.45, 2.75) is 25.4 Å². The van der Waals surface area contributed by atoms with Crippen LogP contribution in [0, 0.1) is 25.2 Å². The fraction of sp³-hybridized carbons (Fsp3) is 0.308. The van der Waals surface area contributed by atoms with Crippen molar-refractivity contribution in [3.8, 4) is 11.8 Å². The van der Waals surface area contributed by atoms with Crippen LogP contribution in [0.25, 0.3) is 5.69 Å². The Morgan fingerprint density at radius 3 is 2.89 bits per heavy atom. The lowest BCUT2D eigenvalue weighted by atomic mass is 10.2. The Labute approximate surface area is 111 Å². The minimum absolute atomic E-state index is 0.518. The molecule has 0 aliphatic heterocycles. The van der Waals surface area contributed by atoms with E-state index < -0.39 is 0 Å². The number of aromatic nitrogens is 3. The van der Waals surface area contributed by atoms with Crippen molar-refractivity contribution in [2.24, 2.45) is 0 Å². The fourth-order valence-corrected chi connectivity index (χ4v) is 2.53. The Balaban J connectivity index is 2.32. The molecule has 4 nitrogen and oxygen atoms in total. The minimum atomic E-state index is 0.518. The first-order valence-corrected chi connectivity index (χ1v) is 6.69. The van der Waals surface area contributed by atoms with Gasteiger partial charge in [-0.3, -0.25) is 4.57 Å². The highest BCUT2D eigenvalue weighted by atomic mass is 32.2. The molecule has 18 heavy (non-hydrogen) atoms. The Hall–Kier alpha value is -1.80. The second-order valence-corrected chi connectivity index (χ2v) is 5.02. The molecule has 2 rings (SSSR count). The molecule has 0 aliphatic carbocycles. The Morgan fingerprint density at radius 1 is 1.33 bits per heavy atom. The number of thioether (sulfide) groups is 1. The summed E-state index contributed by atoms with van der Waals surface area (Å²) in [5.74, 6) is 1.60. The summed E-state index contributed by atoms with van der Waals surface area (Å²) in [5, 5.41) is 17.7. The van der Waals surface area contributed by atoms with Gasteiger partial charge in [-0.2, -0.15) is 5.26 Å². The summed E-state index contributed by atoms with van der Waals surface area (Å²) in [6.07, 6.45) is 0.518. The van der Waals surface area contributed by atoms with Gasteiger partial charge in [-0.05, 0) is 31.5 Å². The summed E-state index contributed by atoms with van der Waals surface area (Å²) in [5.41, 5.74) is 2.27. The lowest BCUT2D eigenvalue weighted by molar-refractivity contribution is 0.867. The highest BCUT2D eigenvalue weighted by molar-refractivity contribution is 7.99. The van der Waals surface area contributed by atoms with Crippen LogP contribution in [-0.2, 0) is 0 Å². The number of nitriles is 1. The normalized spacial score (nSPS) is 10.3. The zero-order valence-electron chi connectivity index (χ0n) is 10.4. The van der Waals surface area contributed by atoms with Gasteiger partial charge in [-0.15, -0.1) is 10.2 Å². The van der Waals surface area contributed by atoms with Crippen molar-refractivity contribution < 1.29 is 0 Å². The molecule has 1 heterocycles. The van der Waals surface area contributed by atoms with E-state index in [1.54, 1.807) is 11.8 Å². The number of benzene rings is 1. The average Bonchev–Trinajstić information content (AvgIpc) is 2.71. The van der Waals surface area contributed by atoms with E-state index >= 15 is 0 Å². The van der Waals surface area contributed by atoms with E-state index in [0.29, 0.717) is 6.42 Å². The average molecular weight is 258 g/mol. The zero-order chi connectivity index (χ0) is 13.0. The van der Waals surface area contributed by atoms with E-state index in [2.05, 4.69) is 35.3 Å². The lowest BCUT2D eigenvalue weighted by Crippen LogP contribution is -1.99. The smallest absolute Gasteiger partial charge is 0.195 e. The van der Waals surface area contributed by atoms with Gasteiger partial charge in [0.2, 0.25) is 0 Å². The standard InChI is InChI=1S/C13H14N4S/c1-10-5-3-6-12(9-10)17-11(2)15-16-13(17)18-8-4-7-14/h3,5-6,9H,4,8H2,1-2H3. The largest absolute Gasteiger partial charge is 0.274 e. The molecule has 0 atom stereocenters. The van der Waals surface area contributed by atoms with E-state index in [4.69, 9.17) is 5.26 Å². The highest BCUT2D eigenvalue weighted by Crippen LogP contribution is 2.22. The molecule has 0 unspecified atom stereocenters. The molecular formula is C13H14N4S. The quantitative estimate of drug-likeness (QED) is 0.625. The SMILES string of the molecule is Cc1cccc(-n2c(C)nnc2SCCC#N)c1. The van der Waals surface area contributed by atoms with Gasteiger partial charge in [0, 0.05) is 17.9 Å². The van der Waals surface area contributed by atoms with Crippen molar-refractivity contribution in [1.82, 2.24) is 14.8 Å². The van der Waals surface area contributed by atoms with Crippen molar-refractivity contribution in [2.75, 3.05) is 5.75 Å². The maximum atomic E-state index is 8.57. The number of aryl methyl sites for hydroxylation is 2. The van der Waals surface area contributed by atoms with Gasteiger partial charge < -0.3 is 0 Å². The predicted molar refractivity (Wildman–Crippen MR) is 71.8 cm³/mol. The van der Waals surface area contributed by atoms with Gasteiger partial charge in [-0.1, -0.05) is 23.9 Å². The second-order valence-electron chi connectivity index (χ2n) is 3.96. The minimum Gasteiger partial charge on any atom is -0.274 e. The van der Waals surface area contributed by atoms with E-state index in [-0.39, 0.29) is 0 Å². The molecule has 0 fully saturated rings. The van der Waals surface area contributed by atoms with E-state index in [1.165, 1.54) is 5.56 Å². The summed E-state index contributed by atoms with van der Waals surface area (Å²) in [6.45, 7) is 4.00. The van der Waals surface area contributed by atoms with Crippen LogP contribution in [-0.4, -0.2) is 20.5 Å². The van der Waals surface area contributed by atoms with Gasteiger partial charge in [0.1, 0.15) is 5.82 Å². The topological polar surface area (TPSA) is 54.5 Å². The zero-order valence-corrected chi connectivity index (χ0v) is 11.2. The lowest BCUT2D eigenvalue weighted by Gasteiger charge is -2.08. The molecule has 0 N–H and O–H groups in total. The molecular weight excluding hydrogens is 244 g/mol. The molecule has 0 radical (unpaired) electrons. The molecule has 92 valence electrons. The first kappa shape index (κ1) is 12.7. The number of hydrogen-bond donors (Lipinski definition) is 0. The molecule has 5 heteroatoms. The molecule has 2 aromatic rings. The van der Waals surface area contributed by atoms with Gasteiger partial charge in [0.05, 0.1) is 6.07 Å². The number of rotatable bonds is 4. The maximum absolute atomic E-state index is 8.57. The predicted octanol–water partition coefficient (Wildman–Crippen LogP) is 2.89. The van der Waals surface area contributed by atoms with E-state index in [0.717, 1.165) is 22.4 Å². The van der Waals surface area contributed by atoms with Crippen LogP contribution < -0.4 is 0 Å². The van der Waals surface area contributed by atoms with E-state index in [9.17, 15) is 0 Å². The fourth-order valence-electron chi connectivity index (χ4n) is 1.69. The molecule has 0 aliphatic rings. The van der Waals surface area contributed by atoms with Gasteiger partial charge >= 0.3 is 0 Å². The third kappa shape index (κ3) is 2.71. The van der Waals surface area contributed by atoms with Crippen molar-refractivity contribution in [3.63, 3.8) is 0 Å². The molecule has 0 saturated heterocycles. The van der Waals surface area contributed by atoms with E-state index in [1.807, 2.05) is 23.6 Å². The summed E-state index contributed by atoms with van der Waals surface area (Å²) in [4.78, 5) is 0. The summed E-state index contributed by atoms with van der Waals surface area (Å²) in [7, 11) is 0. The van der Waals surface area contributed by atoms with Crippen LogP contribution >= 0.6 is 11.8 Å². The first-order valence-electron chi connectivity index (χ1n) is 5.71.